The van der Waals surface area contributed by atoms with Crippen LogP contribution in [0.15, 0.2) is 24.3 Å². The number of carbonyl (C=O) groups excluding carboxylic acids is 1. The first kappa shape index (κ1) is 40.7. The lowest BCUT2D eigenvalue weighted by Gasteiger charge is -2.40. The number of hydrogen-bond acceptors (Lipinski definition) is 9. The van der Waals surface area contributed by atoms with Crippen LogP contribution in [0.1, 0.15) is 123 Å². The summed E-state index contributed by atoms with van der Waals surface area (Å²) in [6.07, 6.45) is 15.9. The first-order valence-corrected chi connectivity index (χ1v) is 17.2. The van der Waals surface area contributed by atoms with E-state index in [-0.39, 0.29) is 13.0 Å². The zero-order valence-corrected chi connectivity index (χ0v) is 27.3. The predicted octanol–water partition coefficient (Wildman–Crippen LogP) is 3.79. The van der Waals surface area contributed by atoms with Gasteiger partial charge in [0.2, 0.25) is 5.91 Å². The molecule has 44 heavy (non-hydrogen) atoms. The van der Waals surface area contributed by atoms with Crippen molar-refractivity contribution in [3.05, 3.63) is 24.3 Å². The van der Waals surface area contributed by atoms with Crippen LogP contribution in [0.5, 0.6) is 0 Å². The largest absolute Gasteiger partial charge is 0.394 e. The Bertz CT molecular complexity index is 763. The van der Waals surface area contributed by atoms with E-state index in [1.54, 1.807) is 6.08 Å². The zero-order valence-electron chi connectivity index (χ0n) is 27.3. The van der Waals surface area contributed by atoms with E-state index in [1.807, 2.05) is 12.2 Å². The summed E-state index contributed by atoms with van der Waals surface area (Å²) in [4.78, 5) is 12.8. The highest BCUT2D eigenvalue weighted by molar-refractivity contribution is 5.80. The van der Waals surface area contributed by atoms with Crippen LogP contribution >= 0.6 is 0 Å². The highest BCUT2D eigenvalue weighted by Crippen LogP contribution is 2.22. The Morgan fingerprint density at radius 3 is 1.93 bits per heavy atom. The molecular formula is C34H63NO9. The molecule has 1 fully saturated rings. The molecule has 10 nitrogen and oxygen atoms in total. The summed E-state index contributed by atoms with van der Waals surface area (Å²) in [7, 11) is 0. The standard InChI is InChI=1S/C34H63NO9/c1-3-5-7-9-11-13-14-15-17-18-20-22-27(37)26(25-43-34-32(41)31(40)30(39)29(24-36)44-34)35-33(42)28(38)23-21-19-16-12-10-8-6-4-2/h16,19-20,22,26-32,34,36-41H,3-15,17-18,21,23-25H2,1-2H3,(H,35,42)/b19-16-,22-20+. The maximum Gasteiger partial charge on any atom is 0.249 e. The third-order valence-corrected chi connectivity index (χ3v) is 8.14. The molecule has 0 aromatic carbocycles. The summed E-state index contributed by atoms with van der Waals surface area (Å²) in [6, 6.07) is -0.988. The quantitative estimate of drug-likeness (QED) is 0.0556. The summed E-state index contributed by atoms with van der Waals surface area (Å²) in [5.74, 6) is -0.657. The molecule has 8 unspecified atom stereocenters. The van der Waals surface area contributed by atoms with Crippen molar-refractivity contribution >= 4 is 5.91 Å². The van der Waals surface area contributed by atoms with Gasteiger partial charge in [-0.2, -0.15) is 0 Å². The monoisotopic (exact) mass is 629 g/mol. The van der Waals surface area contributed by atoms with Crippen LogP contribution in [0.2, 0.25) is 0 Å². The number of unbranched alkanes of at least 4 members (excludes halogenated alkanes) is 13. The molecular weight excluding hydrogens is 566 g/mol. The van der Waals surface area contributed by atoms with Crippen LogP contribution in [-0.4, -0.2) is 98.7 Å². The minimum atomic E-state index is -1.61. The van der Waals surface area contributed by atoms with Crippen molar-refractivity contribution in [3.63, 3.8) is 0 Å². The van der Waals surface area contributed by atoms with Gasteiger partial charge in [-0.1, -0.05) is 109 Å². The molecule has 1 aliphatic heterocycles. The van der Waals surface area contributed by atoms with Gasteiger partial charge in [0.05, 0.1) is 25.4 Å². The molecule has 0 aromatic rings. The molecule has 1 rings (SSSR count). The zero-order chi connectivity index (χ0) is 32.6. The molecule has 8 atom stereocenters. The number of allylic oxidation sites excluding steroid dienone is 3. The van der Waals surface area contributed by atoms with E-state index in [9.17, 15) is 35.4 Å². The summed E-state index contributed by atoms with van der Waals surface area (Å²) < 4.78 is 11.0. The second-order valence-corrected chi connectivity index (χ2v) is 12.1. The molecule has 0 radical (unpaired) electrons. The minimum Gasteiger partial charge on any atom is -0.394 e. The van der Waals surface area contributed by atoms with E-state index < -0.39 is 61.5 Å². The van der Waals surface area contributed by atoms with Gasteiger partial charge in [0.1, 0.15) is 30.5 Å². The van der Waals surface area contributed by atoms with Crippen molar-refractivity contribution in [2.24, 2.45) is 0 Å². The first-order valence-electron chi connectivity index (χ1n) is 17.2. The molecule has 10 heteroatoms. The summed E-state index contributed by atoms with van der Waals surface area (Å²) >= 11 is 0. The van der Waals surface area contributed by atoms with Gasteiger partial charge in [0.25, 0.3) is 0 Å². The van der Waals surface area contributed by atoms with Crippen molar-refractivity contribution in [2.45, 2.75) is 172 Å². The average Bonchev–Trinajstić information content (AvgIpc) is 3.02. The number of aliphatic hydroxyl groups excluding tert-OH is 6. The molecule has 1 aliphatic rings. The van der Waals surface area contributed by atoms with E-state index in [0.29, 0.717) is 6.42 Å². The molecule has 0 spiro atoms. The van der Waals surface area contributed by atoms with Crippen LogP contribution in [0.4, 0.5) is 0 Å². The Labute approximate surface area is 265 Å². The summed E-state index contributed by atoms with van der Waals surface area (Å²) in [5.41, 5.74) is 0. The van der Waals surface area contributed by atoms with Gasteiger partial charge in [-0.05, 0) is 38.5 Å². The number of nitrogens with one attached hydrogen (secondary N) is 1. The fraction of sp³-hybridized carbons (Fsp3) is 0.853. The molecule has 1 saturated heterocycles. The number of ether oxygens (including phenoxy) is 2. The summed E-state index contributed by atoms with van der Waals surface area (Å²) in [6.45, 7) is 3.47. The van der Waals surface area contributed by atoms with Gasteiger partial charge in [-0.25, -0.2) is 0 Å². The Kier molecular flexibility index (Phi) is 23.8. The molecule has 0 bridgehead atoms. The van der Waals surface area contributed by atoms with Crippen molar-refractivity contribution < 1.29 is 44.9 Å². The smallest absolute Gasteiger partial charge is 0.249 e. The first-order chi connectivity index (χ1) is 21.3. The molecule has 258 valence electrons. The highest BCUT2D eigenvalue weighted by atomic mass is 16.7. The molecule has 0 saturated carbocycles. The van der Waals surface area contributed by atoms with E-state index >= 15 is 0 Å². The maximum atomic E-state index is 12.8. The number of rotatable bonds is 26. The number of amides is 1. The van der Waals surface area contributed by atoms with Gasteiger partial charge in [-0.3, -0.25) is 4.79 Å². The average molecular weight is 630 g/mol. The second-order valence-electron chi connectivity index (χ2n) is 12.1. The van der Waals surface area contributed by atoms with E-state index in [2.05, 4.69) is 25.2 Å². The van der Waals surface area contributed by atoms with E-state index in [1.165, 1.54) is 64.2 Å². The number of aliphatic hydroxyl groups is 6. The van der Waals surface area contributed by atoms with Crippen LogP contribution < -0.4 is 5.32 Å². The molecule has 1 heterocycles. The Morgan fingerprint density at radius 1 is 0.773 bits per heavy atom. The normalized spacial score (nSPS) is 24.6. The van der Waals surface area contributed by atoms with E-state index in [4.69, 9.17) is 9.47 Å². The molecule has 1 amide bonds. The molecule has 0 aromatic heterocycles. The number of hydrogen-bond donors (Lipinski definition) is 7. The Balaban J connectivity index is 2.64. The topological polar surface area (TPSA) is 169 Å². The maximum absolute atomic E-state index is 12.8. The second kappa shape index (κ2) is 25.8. The van der Waals surface area contributed by atoms with Crippen LogP contribution in [-0.2, 0) is 14.3 Å². The third kappa shape index (κ3) is 17.4. The fourth-order valence-corrected chi connectivity index (χ4v) is 5.16. The summed E-state index contributed by atoms with van der Waals surface area (Å²) in [5, 5.41) is 63.8. The van der Waals surface area contributed by atoms with Crippen LogP contribution in [0.25, 0.3) is 0 Å². The Morgan fingerprint density at radius 2 is 1.32 bits per heavy atom. The number of carbonyl (C=O) groups is 1. The minimum absolute atomic E-state index is 0.224. The fourth-order valence-electron chi connectivity index (χ4n) is 5.16. The lowest BCUT2D eigenvalue weighted by atomic mass is 9.99. The predicted molar refractivity (Wildman–Crippen MR) is 172 cm³/mol. The van der Waals surface area contributed by atoms with Gasteiger partial charge < -0.3 is 45.4 Å². The van der Waals surface area contributed by atoms with Crippen molar-refractivity contribution in [3.8, 4) is 0 Å². The van der Waals surface area contributed by atoms with Crippen molar-refractivity contribution in [2.75, 3.05) is 13.2 Å². The van der Waals surface area contributed by atoms with Crippen molar-refractivity contribution in [1.82, 2.24) is 5.32 Å². The van der Waals surface area contributed by atoms with Crippen molar-refractivity contribution in [1.29, 1.82) is 0 Å². The van der Waals surface area contributed by atoms with Crippen LogP contribution in [0.3, 0.4) is 0 Å². The van der Waals surface area contributed by atoms with Gasteiger partial charge >= 0.3 is 0 Å². The van der Waals surface area contributed by atoms with Gasteiger partial charge in [0.15, 0.2) is 6.29 Å². The van der Waals surface area contributed by atoms with Gasteiger partial charge in [0, 0.05) is 0 Å². The third-order valence-electron chi connectivity index (χ3n) is 8.14. The SMILES string of the molecule is CCCCCC/C=C\CCC(O)C(=O)NC(COC1OC(CO)C(O)C(O)C1O)C(O)/C=C/CCCCCCCCCCC. The molecule has 7 N–H and O–H groups in total. The van der Waals surface area contributed by atoms with Gasteiger partial charge in [-0.15, -0.1) is 0 Å². The lowest BCUT2D eigenvalue weighted by molar-refractivity contribution is -0.302. The molecule has 0 aliphatic carbocycles. The Hall–Kier alpha value is -1.37. The lowest BCUT2D eigenvalue weighted by Crippen LogP contribution is -2.60. The van der Waals surface area contributed by atoms with E-state index in [0.717, 1.165) is 32.1 Å². The highest BCUT2D eigenvalue weighted by Gasteiger charge is 2.44. The van der Waals surface area contributed by atoms with Crippen LogP contribution in [0, 0.1) is 0 Å².